The van der Waals surface area contributed by atoms with E-state index >= 15 is 0 Å². The number of benzene rings is 8. The fourth-order valence-electron chi connectivity index (χ4n) is 8.91. The monoisotopic (exact) mass is 792 g/mol. The van der Waals surface area contributed by atoms with Crippen molar-refractivity contribution < 1.29 is 0 Å². The van der Waals surface area contributed by atoms with Crippen molar-refractivity contribution in [3.63, 3.8) is 0 Å². The maximum Gasteiger partial charge on any atom is 0.164 e. The summed E-state index contributed by atoms with van der Waals surface area (Å²) in [5.74, 6) is 1.82. The molecule has 6 heteroatoms. The Hall–Kier alpha value is -8.48. The second kappa shape index (κ2) is 14.7. The molecule has 0 atom stereocenters. The second-order valence-corrected chi connectivity index (χ2v) is 15.5. The number of rotatable bonds is 7. The quantitative estimate of drug-likeness (QED) is 0.161. The molecule has 4 heterocycles. The van der Waals surface area contributed by atoms with Gasteiger partial charge in [0, 0.05) is 55.2 Å². The van der Waals surface area contributed by atoms with Crippen LogP contribution >= 0.6 is 0 Å². The Morgan fingerprint density at radius 2 is 0.871 bits per heavy atom. The van der Waals surface area contributed by atoms with Gasteiger partial charge in [-0.15, -0.1) is 0 Å². The van der Waals surface area contributed by atoms with Gasteiger partial charge in [0.15, 0.2) is 17.5 Å². The molecular weight excluding hydrogens is 757 g/mol. The Morgan fingerprint density at radius 3 is 1.60 bits per heavy atom. The first-order valence-electron chi connectivity index (χ1n) is 20.8. The zero-order valence-corrected chi connectivity index (χ0v) is 33.5. The van der Waals surface area contributed by atoms with Crippen LogP contribution in [0.1, 0.15) is 0 Å². The third-order valence-electron chi connectivity index (χ3n) is 11.8. The van der Waals surface area contributed by atoms with Gasteiger partial charge in [-0.3, -0.25) is 0 Å². The highest BCUT2D eigenvalue weighted by molar-refractivity contribution is 6.11. The fourth-order valence-corrected chi connectivity index (χ4v) is 8.91. The number of fused-ring (bicyclic) bond motifs is 6. The van der Waals surface area contributed by atoms with Crippen LogP contribution in [0.4, 0.5) is 0 Å². The molecule has 0 unspecified atom stereocenters. The molecule has 0 saturated carbocycles. The van der Waals surface area contributed by atoms with Gasteiger partial charge in [-0.05, 0) is 59.5 Å². The van der Waals surface area contributed by atoms with Crippen molar-refractivity contribution in [2.45, 2.75) is 0 Å². The Morgan fingerprint density at radius 1 is 0.339 bits per heavy atom. The number of para-hydroxylation sites is 2. The third kappa shape index (κ3) is 5.96. The standard InChI is InChI=1S/C56H36N6/c1-5-18-37(19-6-1)51-52(38-20-7-2-8-21-38)60-62-50(36-40-24-13-14-29-45(40)53(51)62)41-25-17-26-42(34-41)55-57-54(39-22-9-3-10-23-39)58-56(59-55)43-32-33-49-47(35-43)46-30-15-16-31-48(46)61(49)44-27-11-4-12-28-44/h1-36H. The van der Waals surface area contributed by atoms with Crippen LogP contribution in [0.2, 0.25) is 0 Å². The van der Waals surface area contributed by atoms with Crippen LogP contribution in [0.3, 0.4) is 0 Å². The van der Waals surface area contributed by atoms with E-state index in [-0.39, 0.29) is 0 Å². The molecule has 12 aromatic rings. The van der Waals surface area contributed by atoms with E-state index in [9.17, 15) is 0 Å². The molecule has 62 heavy (non-hydrogen) atoms. The van der Waals surface area contributed by atoms with E-state index in [0.29, 0.717) is 17.5 Å². The van der Waals surface area contributed by atoms with Gasteiger partial charge in [0.2, 0.25) is 0 Å². The van der Waals surface area contributed by atoms with Crippen LogP contribution in [0, 0.1) is 0 Å². The van der Waals surface area contributed by atoms with Crippen molar-refractivity contribution in [3.8, 4) is 73.5 Å². The predicted octanol–water partition coefficient (Wildman–Crippen LogP) is 13.8. The molecule has 4 aromatic heterocycles. The topological polar surface area (TPSA) is 60.9 Å². The summed E-state index contributed by atoms with van der Waals surface area (Å²) < 4.78 is 4.45. The lowest BCUT2D eigenvalue weighted by molar-refractivity contribution is 0.979. The molecule has 12 rings (SSSR count). The number of nitrogens with zero attached hydrogens (tertiary/aromatic N) is 6. The smallest absolute Gasteiger partial charge is 0.164 e. The zero-order valence-electron chi connectivity index (χ0n) is 33.5. The molecule has 0 spiro atoms. The summed E-state index contributed by atoms with van der Waals surface area (Å²) in [5.41, 5.74) is 13.4. The number of pyridine rings is 1. The van der Waals surface area contributed by atoms with Crippen LogP contribution in [0.15, 0.2) is 218 Å². The third-order valence-corrected chi connectivity index (χ3v) is 11.8. The average molecular weight is 793 g/mol. The first kappa shape index (κ1) is 35.5. The van der Waals surface area contributed by atoms with Crippen LogP contribution < -0.4 is 0 Å². The van der Waals surface area contributed by atoms with Crippen molar-refractivity contribution in [2.75, 3.05) is 0 Å². The summed E-state index contributed by atoms with van der Waals surface area (Å²) in [6.45, 7) is 0. The lowest BCUT2D eigenvalue weighted by Crippen LogP contribution is -2.01. The maximum atomic E-state index is 5.44. The first-order chi connectivity index (χ1) is 30.7. The predicted molar refractivity (Wildman–Crippen MR) is 253 cm³/mol. The van der Waals surface area contributed by atoms with Gasteiger partial charge in [0.25, 0.3) is 0 Å². The van der Waals surface area contributed by atoms with Gasteiger partial charge in [-0.2, -0.15) is 5.10 Å². The average Bonchev–Trinajstić information content (AvgIpc) is 3.92. The van der Waals surface area contributed by atoms with Crippen molar-refractivity contribution >= 4 is 38.1 Å². The summed E-state index contributed by atoms with van der Waals surface area (Å²) in [7, 11) is 0. The molecule has 0 aliphatic heterocycles. The molecule has 290 valence electrons. The molecule has 0 aliphatic carbocycles. The molecule has 8 aromatic carbocycles. The van der Waals surface area contributed by atoms with E-state index in [1.807, 2.05) is 36.4 Å². The number of hydrogen-bond acceptors (Lipinski definition) is 4. The first-order valence-corrected chi connectivity index (χ1v) is 20.8. The van der Waals surface area contributed by atoms with Crippen LogP contribution in [-0.4, -0.2) is 29.1 Å². The highest BCUT2D eigenvalue weighted by atomic mass is 15.2. The minimum Gasteiger partial charge on any atom is -0.309 e. The van der Waals surface area contributed by atoms with Gasteiger partial charge in [0.05, 0.1) is 22.2 Å². The summed E-state index contributed by atoms with van der Waals surface area (Å²) >= 11 is 0. The van der Waals surface area contributed by atoms with Gasteiger partial charge >= 0.3 is 0 Å². The Bertz CT molecular complexity index is 3610. The van der Waals surface area contributed by atoms with Gasteiger partial charge in [-0.25, -0.2) is 19.5 Å². The largest absolute Gasteiger partial charge is 0.309 e. The minimum absolute atomic E-state index is 0.593. The Balaban J connectivity index is 1.06. The summed E-state index contributed by atoms with van der Waals surface area (Å²) in [5, 5.41) is 10.0. The SMILES string of the molecule is c1ccc(-c2nc(-c3cccc(-c4cc5ccccc5c5c(-c6ccccc6)c(-c6ccccc6)nn45)c3)nc(-c3ccc4c(c3)c3ccccc3n4-c3ccccc3)n2)cc1. The van der Waals surface area contributed by atoms with Gasteiger partial charge in [-0.1, -0.05) is 170 Å². The molecule has 0 fully saturated rings. The number of aromatic nitrogens is 6. The van der Waals surface area contributed by atoms with Crippen molar-refractivity contribution in [1.29, 1.82) is 0 Å². The highest BCUT2D eigenvalue weighted by Gasteiger charge is 2.22. The van der Waals surface area contributed by atoms with Crippen molar-refractivity contribution in [1.82, 2.24) is 29.1 Å². The van der Waals surface area contributed by atoms with Crippen LogP contribution in [0.25, 0.3) is 112 Å². The molecule has 0 bridgehead atoms. The lowest BCUT2D eigenvalue weighted by Gasteiger charge is -2.12. The number of hydrogen-bond donors (Lipinski definition) is 0. The summed E-state index contributed by atoms with van der Waals surface area (Å²) in [6.07, 6.45) is 0. The van der Waals surface area contributed by atoms with E-state index < -0.39 is 0 Å². The molecule has 0 saturated heterocycles. The van der Waals surface area contributed by atoms with Crippen LogP contribution in [-0.2, 0) is 0 Å². The van der Waals surface area contributed by atoms with Gasteiger partial charge in [0.1, 0.15) is 5.69 Å². The van der Waals surface area contributed by atoms with Crippen molar-refractivity contribution in [2.24, 2.45) is 0 Å². The van der Waals surface area contributed by atoms with E-state index in [0.717, 1.165) is 88.7 Å². The lowest BCUT2D eigenvalue weighted by atomic mass is 9.97. The van der Waals surface area contributed by atoms with Crippen LogP contribution in [0.5, 0.6) is 0 Å². The molecule has 0 N–H and O–H groups in total. The second-order valence-electron chi connectivity index (χ2n) is 15.5. The molecular formula is C56H36N6. The fraction of sp³-hybridized carbons (Fsp3) is 0. The normalized spacial score (nSPS) is 11.5. The minimum atomic E-state index is 0.593. The molecule has 0 amide bonds. The Labute approximate surface area is 357 Å². The van der Waals surface area contributed by atoms with E-state index in [1.54, 1.807) is 0 Å². The molecule has 0 aliphatic rings. The molecule has 0 radical (unpaired) electrons. The van der Waals surface area contributed by atoms with E-state index in [4.69, 9.17) is 20.1 Å². The Kier molecular flexibility index (Phi) is 8.38. The summed E-state index contributed by atoms with van der Waals surface area (Å²) in [6, 6.07) is 76.2. The van der Waals surface area contributed by atoms with E-state index in [2.05, 4.69) is 191 Å². The highest BCUT2D eigenvalue weighted by Crippen LogP contribution is 2.41. The summed E-state index contributed by atoms with van der Waals surface area (Å²) in [4.78, 5) is 15.5. The van der Waals surface area contributed by atoms with E-state index in [1.165, 1.54) is 5.39 Å². The maximum absolute atomic E-state index is 5.44. The molecule has 6 nitrogen and oxygen atoms in total. The van der Waals surface area contributed by atoms with Crippen molar-refractivity contribution in [3.05, 3.63) is 218 Å². The zero-order chi connectivity index (χ0) is 41.0. The van der Waals surface area contributed by atoms with Gasteiger partial charge < -0.3 is 4.57 Å².